The lowest BCUT2D eigenvalue weighted by Gasteiger charge is -2.33. The lowest BCUT2D eigenvalue weighted by atomic mass is 9.96. The second-order valence-electron chi connectivity index (χ2n) is 6.04. The molecule has 7 heteroatoms. The van der Waals surface area contributed by atoms with Crippen LogP contribution in [0.2, 0.25) is 0 Å². The number of aliphatic hydroxyl groups is 1. The Hall–Kier alpha value is -1.86. The standard InChI is InChI=1S/C16H20F2N4O/c17-13-1-2-14(15(18)7-13)16(23)9-21-5-3-12(4-6-21)8-22-11-19-10-20-22/h1-2,7,10-12,16,23H,3-6,8-9H2. The van der Waals surface area contributed by atoms with Crippen LogP contribution in [0.25, 0.3) is 0 Å². The fourth-order valence-corrected chi connectivity index (χ4v) is 3.06. The Morgan fingerprint density at radius 1 is 1.26 bits per heavy atom. The molecule has 1 fully saturated rings. The highest BCUT2D eigenvalue weighted by atomic mass is 19.1. The third kappa shape index (κ3) is 4.11. The Morgan fingerprint density at radius 2 is 2.04 bits per heavy atom. The molecular formula is C16H20F2N4O. The van der Waals surface area contributed by atoms with Gasteiger partial charge in [0, 0.05) is 24.7 Å². The molecule has 1 saturated heterocycles. The topological polar surface area (TPSA) is 54.2 Å². The Bertz CT molecular complexity index is 627. The SMILES string of the molecule is OC(CN1CCC(Cn2cncn2)CC1)c1ccc(F)cc1F. The van der Waals surface area contributed by atoms with E-state index in [-0.39, 0.29) is 5.56 Å². The highest BCUT2D eigenvalue weighted by Crippen LogP contribution is 2.23. The normalized spacial score (nSPS) is 18.2. The van der Waals surface area contributed by atoms with Gasteiger partial charge in [-0.1, -0.05) is 6.07 Å². The van der Waals surface area contributed by atoms with Crippen molar-refractivity contribution >= 4 is 0 Å². The molecule has 0 bridgehead atoms. The first-order valence-corrected chi connectivity index (χ1v) is 7.79. The Labute approximate surface area is 133 Å². The number of nitrogens with zero attached hydrogens (tertiary/aromatic N) is 4. The summed E-state index contributed by atoms with van der Waals surface area (Å²) in [6, 6.07) is 3.29. The number of hydrogen-bond donors (Lipinski definition) is 1. The average Bonchev–Trinajstić information content (AvgIpc) is 3.02. The van der Waals surface area contributed by atoms with Gasteiger partial charge in [-0.2, -0.15) is 5.10 Å². The molecule has 2 heterocycles. The van der Waals surface area contributed by atoms with E-state index in [0.717, 1.165) is 38.5 Å². The summed E-state index contributed by atoms with van der Waals surface area (Å²) in [5.74, 6) is -0.793. The van der Waals surface area contributed by atoms with Gasteiger partial charge in [0.2, 0.25) is 0 Å². The average molecular weight is 322 g/mol. The maximum absolute atomic E-state index is 13.7. The molecule has 0 saturated carbocycles. The minimum absolute atomic E-state index is 0.149. The van der Waals surface area contributed by atoms with Crippen LogP contribution in [-0.2, 0) is 6.54 Å². The van der Waals surface area contributed by atoms with Crippen molar-refractivity contribution in [1.82, 2.24) is 19.7 Å². The number of β-amino-alcohol motifs (C(OH)–C–C–N with tert-alkyl or cyclic N) is 1. The molecule has 23 heavy (non-hydrogen) atoms. The van der Waals surface area contributed by atoms with Crippen molar-refractivity contribution in [2.75, 3.05) is 19.6 Å². The van der Waals surface area contributed by atoms with Crippen molar-refractivity contribution in [3.05, 3.63) is 48.1 Å². The van der Waals surface area contributed by atoms with Crippen LogP contribution in [0.15, 0.2) is 30.9 Å². The van der Waals surface area contributed by atoms with E-state index >= 15 is 0 Å². The molecule has 1 atom stereocenters. The summed E-state index contributed by atoms with van der Waals surface area (Å²) >= 11 is 0. The van der Waals surface area contributed by atoms with Crippen LogP contribution in [0.4, 0.5) is 8.78 Å². The first-order chi connectivity index (χ1) is 11.1. The van der Waals surface area contributed by atoms with E-state index in [1.807, 2.05) is 4.68 Å². The number of piperidine rings is 1. The van der Waals surface area contributed by atoms with Gasteiger partial charge in [-0.15, -0.1) is 0 Å². The van der Waals surface area contributed by atoms with Gasteiger partial charge in [0.25, 0.3) is 0 Å². The molecule has 3 rings (SSSR count). The van der Waals surface area contributed by atoms with Crippen molar-refractivity contribution in [1.29, 1.82) is 0 Å². The lowest BCUT2D eigenvalue weighted by molar-refractivity contribution is 0.0838. The van der Waals surface area contributed by atoms with Crippen LogP contribution in [0.5, 0.6) is 0 Å². The van der Waals surface area contributed by atoms with Gasteiger partial charge in [0.15, 0.2) is 0 Å². The molecule has 0 aliphatic carbocycles. The largest absolute Gasteiger partial charge is 0.387 e. The first kappa shape index (κ1) is 16.0. The monoisotopic (exact) mass is 322 g/mol. The van der Waals surface area contributed by atoms with E-state index in [2.05, 4.69) is 15.0 Å². The van der Waals surface area contributed by atoms with Crippen molar-refractivity contribution in [3.8, 4) is 0 Å². The molecule has 1 aliphatic heterocycles. The highest BCUT2D eigenvalue weighted by Gasteiger charge is 2.23. The van der Waals surface area contributed by atoms with Crippen molar-refractivity contribution in [2.24, 2.45) is 5.92 Å². The van der Waals surface area contributed by atoms with Gasteiger partial charge in [-0.25, -0.2) is 13.8 Å². The summed E-state index contributed by atoms with van der Waals surface area (Å²) in [5, 5.41) is 14.3. The summed E-state index contributed by atoms with van der Waals surface area (Å²) in [6.07, 6.45) is 4.30. The molecule has 1 aromatic heterocycles. The maximum Gasteiger partial charge on any atom is 0.137 e. The van der Waals surface area contributed by atoms with Crippen LogP contribution >= 0.6 is 0 Å². The van der Waals surface area contributed by atoms with Crippen LogP contribution in [0.1, 0.15) is 24.5 Å². The summed E-state index contributed by atoms with van der Waals surface area (Å²) in [6.45, 7) is 2.90. The number of rotatable bonds is 5. The molecule has 0 amide bonds. The minimum atomic E-state index is -0.942. The van der Waals surface area contributed by atoms with E-state index in [9.17, 15) is 13.9 Å². The molecule has 1 N–H and O–H groups in total. The zero-order valence-electron chi connectivity index (χ0n) is 12.8. The molecule has 0 spiro atoms. The zero-order chi connectivity index (χ0) is 16.2. The first-order valence-electron chi connectivity index (χ1n) is 7.79. The number of aliphatic hydroxyl groups excluding tert-OH is 1. The predicted molar refractivity (Wildman–Crippen MR) is 80.5 cm³/mol. The summed E-state index contributed by atoms with van der Waals surface area (Å²) in [4.78, 5) is 6.05. The predicted octanol–water partition coefficient (Wildman–Crippen LogP) is 2.00. The van der Waals surface area contributed by atoms with Gasteiger partial charge in [-0.05, 0) is 37.9 Å². The molecule has 1 aromatic carbocycles. The van der Waals surface area contributed by atoms with Gasteiger partial charge < -0.3 is 10.0 Å². The summed E-state index contributed by atoms with van der Waals surface area (Å²) < 4.78 is 28.5. The molecule has 0 radical (unpaired) electrons. The van der Waals surface area contributed by atoms with Gasteiger partial charge in [0.05, 0.1) is 6.10 Å². The molecular weight excluding hydrogens is 302 g/mol. The zero-order valence-corrected chi connectivity index (χ0v) is 12.8. The molecule has 124 valence electrons. The number of halogens is 2. The van der Waals surface area contributed by atoms with Crippen molar-refractivity contribution in [2.45, 2.75) is 25.5 Å². The smallest absolute Gasteiger partial charge is 0.137 e. The number of aromatic nitrogens is 3. The van der Waals surface area contributed by atoms with Crippen LogP contribution in [0, 0.1) is 17.6 Å². The Morgan fingerprint density at radius 3 is 2.70 bits per heavy atom. The van der Waals surface area contributed by atoms with E-state index < -0.39 is 17.7 Å². The Kier molecular flexibility index (Phi) is 4.97. The molecule has 1 unspecified atom stereocenters. The van der Waals surface area contributed by atoms with E-state index in [1.165, 1.54) is 18.5 Å². The van der Waals surface area contributed by atoms with Gasteiger partial charge in [-0.3, -0.25) is 4.68 Å². The third-order valence-corrected chi connectivity index (χ3v) is 4.37. The number of likely N-dealkylation sites (tertiary alicyclic amines) is 1. The minimum Gasteiger partial charge on any atom is -0.387 e. The van der Waals surface area contributed by atoms with Crippen molar-refractivity contribution < 1.29 is 13.9 Å². The fourth-order valence-electron chi connectivity index (χ4n) is 3.06. The fraction of sp³-hybridized carbons (Fsp3) is 0.500. The number of hydrogen-bond acceptors (Lipinski definition) is 4. The van der Waals surface area contributed by atoms with E-state index in [0.29, 0.717) is 12.5 Å². The number of benzene rings is 1. The second kappa shape index (κ2) is 7.14. The van der Waals surface area contributed by atoms with E-state index in [1.54, 1.807) is 6.33 Å². The second-order valence-corrected chi connectivity index (χ2v) is 6.04. The Balaban J connectivity index is 1.50. The lowest BCUT2D eigenvalue weighted by Crippen LogP contribution is -2.37. The molecule has 5 nitrogen and oxygen atoms in total. The summed E-state index contributed by atoms with van der Waals surface area (Å²) in [5.41, 5.74) is 0.149. The molecule has 2 aromatic rings. The van der Waals surface area contributed by atoms with E-state index in [4.69, 9.17) is 0 Å². The maximum atomic E-state index is 13.7. The van der Waals surface area contributed by atoms with Crippen LogP contribution in [-0.4, -0.2) is 44.4 Å². The van der Waals surface area contributed by atoms with Crippen LogP contribution in [0.3, 0.4) is 0 Å². The van der Waals surface area contributed by atoms with Gasteiger partial charge >= 0.3 is 0 Å². The summed E-state index contributed by atoms with van der Waals surface area (Å²) in [7, 11) is 0. The van der Waals surface area contributed by atoms with Gasteiger partial charge in [0.1, 0.15) is 24.3 Å². The quantitative estimate of drug-likeness (QED) is 0.915. The third-order valence-electron chi connectivity index (χ3n) is 4.37. The molecule has 1 aliphatic rings. The van der Waals surface area contributed by atoms with Crippen LogP contribution < -0.4 is 0 Å². The highest BCUT2D eigenvalue weighted by molar-refractivity contribution is 5.21. The van der Waals surface area contributed by atoms with Crippen molar-refractivity contribution in [3.63, 3.8) is 0 Å².